The van der Waals surface area contributed by atoms with E-state index in [0.29, 0.717) is 6.10 Å². The van der Waals surface area contributed by atoms with E-state index >= 15 is 0 Å². The normalized spacial score (nSPS) is 23.6. The van der Waals surface area contributed by atoms with Crippen LogP contribution >= 0.6 is 11.8 Å². The quantitative estimate of drug-likeness (QED) is 0.831. The molecule has 0 spiro atoms. The van der Waals surface area contributed by atoms with E-state index in [1.165, 1.54) is 18.5 Å². The van der Waals surface area contributed by atoms with Gasteiger partial charge in [-0.2, -0.15) is 0 Å². The SMILES string of the molecule is CSc1ccc(N2CCOC(CNC3CC3)C2)cn1. The first-order valence-corrected chi connectivity index (χ1v) is 8.17. The van der Waals surface area contributed by atoms with Crippen LogP contribution < -0.4 is 10.2 Å². The number of morpholine rings is 1. The monoisotopic (exact) mass is 279 g/mol. The fourth-order valence-corrected chi connectivity index (χ4v) is 2.71. The predicted molar refractivity (Wildman–Crippen MR) is 79.0 cm³/mol. The maximum atomic E-state index is 5.82. The first kappa shape index (κ1) is 13.2. The van der Waals surface area contributed by atoms with Crippen molar-refractivity contribution in [2.75, 3.05) is 37.4 Å². The second-order valence-corrected chi connectivity index (χ2v) is 6.01. The average Bonchev–Trinajstić information content (AvgIpc) is 3.30. The van der Waals surface area contributed by atoms with E-state index in [9.17, 15) is 0 Å². The number of thioether (sulfide) groups is 1. The second-order valence-electron chi connectivity index (χ2n) is 5.18. The highest BCUT2D eigenvalue weighted by Crippen LogP contribution is 2.21. The van der Waals surface area contributed by atoms with Crippen molar-refractivity contribution in [3.63, 3.8) is 0 Å². The molecule has 1 N–H and O–H groups in total. The molecule has 1 atom stereocenters. The summed E-state index contributed by atoms with van der Waals surface area (Å²) in [5, 5.41) is 4.62. The summed E-state index contributed by atoms with van der Waals surface area (Å²) >= 11 is 1.68. The van der Waals surface area contributed by atoms with Gasteiger partial charge in [0, 0.05) is 25.7 Å². The van der Waals surface area contributed by atoms with Crippen molar-refractivity contribution < 1.29 is 4.74 Å². The molecule has 2 aliphatic rings. The summed E-state index contributed by atoms with van der Waals surface area (Å²) in [6.45, 7) is 3.69. The van der Waals surface area contributed by atoms with Crippen LogP contribution in [0.25, 0.3) is 0 Å². The third-order valence-corrected chi connectivity index (χ3v) is 4.31. The van der Waals surface area contributed by atoms with Gasteiger partial charge in [0.2, 0.25) is 0 Å². The molecule has 0 aromatic carbocycles. The van der Waals surface area contributed by atoms with Crippen LogP contribution in [0.1, 0.15) is 12.8 Å². The number of ether oxygens (including phenoxy) is 1. The molecule has 0 amide bonds. The molecule has 1 unspecified atom stereocenters. The minimum Gasteiger partial charge on any atom is -0.373 e. The fraction of sp³-hybridized carbons (Fsp3) is 0.643. The summed E-state index contributed by atoms with van der Waals surface area (Å²) in [6.07, 6.45) is 6.99. The number of nitrogens with zero attached hydrogens (tertiary/aromatic N) is 2. The summed E-state index contributed by atoms with van der Waals surface area (Å²) in [6, 6.07) is 5.00. The molecule has 2 heterocycles. The standard InChI is InChI=1S/C14H21N3OS/c1-19-14-5-4-12(8-16-14)17-6-7-18-13(10-17)9-15-11-2-3-11/h4-5,8,11,13,15H,2-3,6-7,9-10H2,1H3. The molecular weight excluding hydrogens is 258 g/mol. The Balaban J connectivity index is 1.56. The Labute approximate surface area is 118 Å². The summed E-state index contributed by atoms with van der Waals surface area (Å²) in [4.78, 5) is 6.82. The summed E-state index contributed by atoms with van der Waals surface area (Å²) in [5.74, 6) is 0. The summed E-state index contributed by atoms with van der Waals surface area (Å²) in [5.41, 5.74) is 1.21. The first-order chi connectivity index (χ1) is 9.35. The molecule has 5 heteroatoms. The Bertz CT molecular complexity index is 408. The zero-order valence-electron chi connectivity index (χ0n) is 11.3. The lowest BCUT2D eigenvalue weighted by Gasteiger charge is -2.34. The first-order valence-electron chi connectivity index (χ1n) is 6.95. The van der Waals surface area contributed by atoms with E-state index in [4.69, 9.17) is 4.74 Å². The molecule has 1 aromatic heterocycles. The molecule has 1 saturated carbocycles. The zero-order valence-corrected chi connectivity index (χ0v) is 12.2. The van der Waals surface area contributed by atoms with Crippen molar-refractivity contribution in [3.05, 3.63) is 18.3 Å². The lowest BCUT2D eigenvalue weighted by atomic mass is 10.2. The molecular formula is C14H21N3OS. The number of aromatic nitrogens is 1. The molecule has 19 heavy (non-hydrogen) atoms. The van der Waals surface area contributed by atoms with Gasteiger partial charge in [-0.3, -0.25) is 0 Å². The van der Waals surface area contributed by atoms with Gasteiger partial charge in [-0.05, 0) is 31.2 Å². The van der Waals surface area contributed by atoms with Gasteiger partial charge in [0.1, 0.15) is 0 Å². The third-order valence-electron chi connectivity index (χ3n) is 3.65. The highest BCUT2D eigenvalue weighted by atomic mass is 32.2. The molecule has 0 bridgehead atoms. The average molecular weight is 279 g/mol. The van der Waals surface area contributed by atoms with Gasteiger partial charge in [-0.25, -0.2) is 4.98 Å². The number of rotatable bonds is 5. The predicted octanol–water partition coefficient (Wildman–Crippen LogP) is 1.76. The highest BCUT2D eigenvalue weighted by molar-refractivity contribution is 7.98. The van der Waals surface area contributed by atoms with Gasteiger partial charge >= 0.3 is 0 Å². The number of hydrogen-bond acceptors (Lipinski definition) is 5. The Hall–Kier alpha value is -0.780. The molecule has 104 valence electrons. The minimum absolute atomic E-state index is 0.301. The summed E-state index contributed by atoms with van der Waals surface area (Å²) < 4.78 is 5.82. The lowest BCUT2D eigenvalue weighted by Crippen LogP contribution is -2.47. The van der Waals surface area contributed by atoms with Crippen LogP contribution in [-0.4, -0.2) is 49.6 Å². The third kappa shape index (κ3) is 3.61. The molecule has 1 aliphatic heterocycles. The summed E-state index contributed by atoms with van der Waals surface area (Å²) in [7, 11) is 0. The Morgan fingerprint density at radius 3 is 3.05 bits per heavy atom. The Morgan fingerprint density at radius 2 is 2.37 bits per heavy atom. The number of hydrogen-bond donors (Lipinski definition) is 1. The fourth-order valence-electron chi connectivity index (χ4n) is 2.34. The Morgan fingerprint density at radius 1 is 1.47 bits per heavy atom. The maximum absolute atomic E-state index is 5.82. The van der Waals surface area contributed by atoms with Crippen LogP contribution in [0.3, 0.4) is 0 Å². The van der Waals surface area contributed by atoms with Gasteiger partial charge in [-0.15, -0.1) is 11.8 Å². The van der Waals surface area contributed by atoms with Crippen LogP contribution in [0.2, 0.25) is 0 Å². The maximum Gasteiger partial charge on any atom is 0.0958 e. The van der Waals surface area contributed by atoms with Gasteiger partial charge in [-0.1, -0.05) is 0 Å². The van der Waals surface area contributed by atoms with Crippen molar-refractivity contribution >= 4 is 17.4 Å². The molecule has 3 rings (SSSR count). The number of anilines is 1. The molecule has 1 aromatic rings. The van der Waals surface area contributed by atoms with Crippen molar-refractivity contribution in [1.82, 2.24) is 10.3 Å². The van der Waals surface area contributed by atoms with Crippen LogP contribution in [0.4, 0.5) is 5.69 Å². The largest absolute Gasteiger partial charge is 0.373 e. The minimum atomic E-state index is 0.301. The number of pyridine rings is 1. The van der Waals surface area contributed by atoms with E-state index in [1.54, 1.807) is 11.8 Å². The van der Waals surface area contributed by atoms with Gasteiger partial charge in [0.05, 0.1) is 29.6 Å². The second kappa shape index (κ2) is 6.11. The van der Waals surface area contributed by atoms with Crippen LogP contribution in [0.5, 0.6) is 0 Å². The van der Waals surface area contributed by atoms with Crippen LogP contribution in [0.15, 0.2) is 23.4 Å². The van der Waals surface area contributed by atoms with E-state index in [0.717, 1.165) is 37.3 Å². The zero-order chi connectivity index (χ0) is 13.1. The van der Waals surface area contributed by atoms with Crippen LogP contribution in [0, 0.1) is 0 Å². The van der Waals surface area contributed by atoms with Crippen molar-refractivity contribution in [2.45, 2.75) is 30.0 Å². The lowest BCUT2D eigenvalue weighted by molar-refractivity contribution is 0.0407. The van der Waals surface area contributed by atoms with E-state index in [-0.39, 0.29) is 0 Å². The van der Waals surface area contributed by atoms with Gasteiger partial charge < -0.3 is 15.0 Å². The topological polar surface area (TPSA) is 37.4 Å². The van der Waals surface area contributed by atoms with Gasteiger partial charge in [0.25, 0.3) is 0 Å². The van der Waals surface area contributed by atoms with E-state index < -0.39 is 0 Å². The van der Waals surface area contributed by atoms with Crippen molar-refractivity contribution in [1.29, 1.82) is 0 Å². The van der Waals surface area contributed by atoms with E-state index in [2.05, 4.69) is 33.6 Å². The molecule has 1 saturated heterocycles. The molecule has 0 radical (unpaired) electrons. The van der Waals surface area contributed by atoms with Crippen LogP contribution in [-0.2, 0) is 4.74 Å². The molecule has 4 nitrogen and oxygen atoms in total. The Kier molecular flexibility index (Phi) is 4.25. The smallest absolute Gasteiger partial charge is 0.0958 e. The molecule has 2 fully saturated rings. The van der Waals surface area contributed by atoms with Crippen molar-refractivity contribution in [2.24, 2.45) is 0 Å². The molecule has 1 aliphatic carbocycles. The van der Waals surface area contributed by atoms with Crippen molar-refractivity contribution in [3.8, 4) is 0 Å². The van der Waals surface area contributed by atoms with Gasteiger partial charge in [0.15, 0.2) is 0 Å². The van der Waals surface area contributed by atoms with E-state index in [1.807, 2.05) is 6.20 Å². The highest BCUT2D eigenvalue weighted by Gasteiger charge is 2.25. The number of nitrogens with one attached hydrogen (secondary N) is 1.